The molecule has 1 aliphatic heterocycles. The zero-order valence-corrected chi connectivity index (χ0v) is 11.8. The molecule has 1 aliphatic rings. The molecule has 0 saturated carbocycles. The number of nitrogens with zero attached hydrogens (tertiary/aromatic N) is 2. The van der Waals surface area contributed by atoms with Gasteiger partial charge in [0.05, 0.1) is 24.3 Å². The van der Waals surface area contributed by atoms with Crippen LogP contribution in [0.5, 0.6) is 0 Å². The van der Waals surface area contributed by atoms with Gasteiger partial charge in [0.15, 0.2) is 0 Å². The second kappa shape index (κ2) is 6.79. The fourth-order valence-electron chi connectivity index (χ4n) is 2.38. The van der Waals surface area contributed by atoms with Crippen LogP contribution in [-0.4, -0.2) is 42.8 Å². The molecule has 118 valence electrons. The van der Waals surface area contributed by atoms with Crippen LogP contribution in [-0.2, 0) is 4.74 Å². The molecule has 0 spiro atoms. The van der Waals surface area contributed by atoms with E-state index in [2.05, 4.69) is 0 Å². The van der Waals surface area contributed by atoms with Gasteiger partial charge in [-0.2, -0.15) is 18.4 Å². The van der Waals surface area contributed by atoms with Crippen LogP contribution in [0.4, 0.5) is 13.2 Å². The Balaban J connectivity index is 2.22. The molecule has 7 heteroatoms. The number of nitriles is 1. The summed E-state index contributed by atoms with van der Waals surface area (Å²) in [7, 11) is 0. The van der Waals surface area contributed by atoms with Gasteiger partial charge in [-0.15, -0.1) is 0 Å². The first-order valence-electron chi connectivity index (χ1n) is 6.86. The first-order chi connectivity index (χ1) is 10.4. The van der Waals surface area contributed by atoms with Gasteiger partial charge in [0.1, 0.15) is 6.54 Å². The minimum Gasteiger partial charge on any atom is -0.379 e. The van der Waals surface area contributed by atoms with E-state index in [-0.39, 0.29) is 12.2 Å². The second-order valence-electron chi connectivity index (χ2n) is 5.11. The lowest BCUT2D eigenvalue weighted by molar-refractivity contribution is -0.148. The smallest absolute Gasteiger partial charge is 0.379 e. The van der Waals surface area contributed by atoms with Gasteiger partial charge in [0, 0.05) is 12.2 Å². The van der Waals surface area contributed by atoms with E-state index in [0.717, 1.165) is 4.90 Å². The van der Waals surface area contributed by atoms with E-state index in [4.69, 9.17) is 10.00 Å². The third kappa shape index (κ3) is 4.21. The Hall–Kier alpha value is -2.07. The minimum atomic E-state index is -4.47. The van der Waals surface area contributed by atoms with E-state index in [0.29, 0.717) is 25.0 Å². The molecule has 22 heavy (non-hydrogen) atoms. The number of rotatable bonds is 3. The summed E-state index contributed by atoms with van der Waals surface area (Å²) >= 11 is 0. The fraction of sp³-hybridized carbons (Fsp3) is 0.467. The average Bonchev–Trinajstić information content (AvgIpc) is 2.52. The Bertz CT molecular complexity index is 558. The van der Waals surface area contributed by atoms with E-state index < -0.39 is 24.7 Å². The van der Waals surface area contributed by atoms with Gasteiger partial charge >= 0.3 is 6.18 Å². The van der Waals surface area contributed by atoms with Gasteiger partial charge < -0.3 is 9.64 Å². The quantitative estimate of drug-likeness (QED) is 0.862. The number of carbonyl (C=O) groups is 1. The first-order valence-corrected chi connectivity index (χ1v) is 6.86. The van der Waals surface area contributed by atoms with E-state index >= 15 is 0 Å². The Morgan fingerprint density at radius 3 is 2.55 bits per heavy atom. The van der Waals surface area contributed by atoms with Crippen molar-refractivity contribution in [3.05, 3.63) is 35.4 Å². The minimum absolute atomic E-state index is 0.109. The predicted molar refractivity (Wildman–Crippen MR) is 72.1 cm³/mol. The Morgan fingerprint density at radius 2 is 2.05 bits per heavy atom. The molecule has 1 aromatic rings. The van der Waals surface area contributed by atoms with E-state index in [1.165, 1.54) is 24.3 Å². The number of alkyl halides is 3. The molecule has 0 N–H and O–H groups in total. The van der Waals surface area contributed by atoms with Crippen LogP contribution in [0, 0.1) is 11.3 Å². The fourth-order valence-corrected chi connectivity index (χ4v) is 2.38. The summed E-state index contributed by atoms with van der Waals surface area (Å²) in [5.74, 6) is -0.697. The standard InChI is InChI=1S/C15H15F3N2O2/c16-15(17,18)10-20(13-2-1-7-22-9-13)14(21)12-5-3-11(8-19)4-6-12/h3-6,13H,1-2,7,9-10H2. The van der Waals surface area contributed by atoms with Gasteiger partial charge in [0.2, 0.25) is 0 Å². The van der Waals surface area contributed by atoms with Crippen molar-refractivity contribution in [3.8, 4) is 6.07 Å². The molecule has 0 aromatic heterocycles. The maximum Gasteiger partial charge on any atom is 0.406 e. The van der Waals surface area contributed by atoms with Crippen LogP contribution in [0.2, 0.25) is 0 Å². The molecule has 4 nitrogen and oxygen atoms in total. The van der Waals surface area contributed by atoms with Crippen molar-refractivity contribution in [3.63, 3.8) is 0 Å². The monoisotopic (exact) mass is 312 g/mol. The third-order valence-electron chi connectivity index (χ3n) is 3.45. The van der Waals surface area contributed by atoms with Crippen LogP contribution < -0.4 is 0 Å². The second-order valence-corrected chi connectivity index (χ2v) is 5.11. The number of hydrogen-bond donors (Lipinski definition) is 0. The Morgan fingerprint density at radius 1 is 1.36 bits per heavy atom. The van der Waals surface area contributed by atoms with Gasteiger partial charge in [-0.25, -0.2) is 0 Å². The Kier molecular flexibility index (Phi) is 5.03. The highest BCUT2D eigenvalue weighted by molar-refractivity contribution is 5.94. The number of hydrogen-bond acceptors (Lipinski definition) is 3. The summed E-state index contributed by atoms with van der Waals surface area (Å²) in [6.45, 7) is -0.695. The lowest BCUT2D eigenvalue weighted by atomic mass is 10.1. The van der Waals surface area contributed by atoms with Crippen molar-refractivity contribution < 1.29 is 22.7 Å². The molecule has 1 fully saturated rings. The van der Waals surface area contributed by atoms with Crippen molar-refractivity contribution in [2.24, 2.45) is 0 Å². The highest BCUT2D eigenvalue weighted by Gasteiger charge is 2.37. The number of halogens is 3. The molecule has 1 atom stereocenters. The van der Waals surface area contributed by atoms with Crippen molar-refractivity contribution in [2.45, 2.75) is 25.1 Å². The van der Waals surface area contributed by atoms with Crippen LogP contribution >= 0.6 is 0 Å². The summed E-state index contributed by atoms with van der Waals surface area (Å²) < 4.78 is 43.5. The zero-order chi connectivity index (χ0) is 16.2. The number of carbonyl (C=O) groups excluding carboxylic acids is 1. The topological polar surface area (TPSA) is 53.3 Å². The van der Waals surface area contributed by atoms with Crippen LogP contribution in [0.3, 0.4) is 0 Å². The van der Waals surface area contributed by atoms with Crippen LogP contribution in [0.15, 0.2) is 24.3 Å². The van der Waals surface area contributed by atoms with Crippen LogP contribution in [0.1, 0.15) is 28.8 Å². The zero-order valence-electron chi connectivity index (χ0n) is 11.8. The maximum atomic E-state index is 12.8. The van der Waals surface area contributed by atoms with Crippen molar-refractivity contribution >= 4 is 5.91 Å². The first kappa shape index (κ1) is 16.3. The molecule has 1 aromatic carbocycles. The van der Waals surface area contributed by atoms with Gasteiger partial charge in [-0.05, 0) is 37.1 Å². The van der Waals surface area contributed by atoms with Crippen molar-refractivity contribution in [1.82, 2.24) is 4.90 Å². The lowest BCUT2D eigenvalue weighted by Gasteiger charge is -2.34. The highest BCUT2D eigenvalue weighted by Crippen LogP contribution is 2.23. The van der Waals surface area contributed by atoms with Gasteiger partial charge in [0.25, 0.3) is 5.91 Å². The molecule has 1 heterocycles. The third-order valence-corrected chi connectivity index (χ3v) is 3.45. The van der Waals surface area contributed by atoms with E-state index in [9.17, 15) is 18.0 Å². The summed E-state index contributed by atoms with van der Waals surface area (Å²) in [5, 5.41) is 8.72. The molecule has 1 unspecified atom stereocenters. The molecule has 0 radical (unpaired) electrons. The molecule has 1 amide bonds. The lowest BCUT2D eigenvalue weighted by Crippen LogP contribution is -2.49. The highest BCUT2D eigenvalue weighted by atomic mass is 19.4. The van der Waals surface area contributed by atoms with Crippen molar-refractivity contribution in [1.29, 1.82) is 5.26 Å². The summed E-state index contributed by atoms with van der Waals surface area (Å²) in [5.41, 5.74) is 0.480. The molecular formula is C15H15F3N2O2. The molecular weight excluding hydrogens is 297 g/mol. The van der Waals surface area contributed by atoms with Crippen LogP contribution in [0.25, 0.3) is 0 Å². The van der Waals surface area contributed by atoms with E-state index in [1.807, 2.05) is 6.07 Å². The Labute approximate surface area is 126 Å². The normalized spacial score (nSPS) is 18.5. The van der Waals surface area contributed by atoms with Gasteiger partial charge in [-0.3, -0.25) is 4.79 Å². The SMILES string of the molecule is N#Cc1ccc(C(=O)N(CC(F)(F)F)C2CCCOC2)cc1. The summed E-state index contributed by atoms with van der Waals surface area (Å²) in [6.07, 6.45) is -3.36. The number of ether oxygens (including phenoxy) is 1. The number of amides is 1. The molecule has 1 saturated heterocycles. The molecule has 0 bridgehead atoms. The largest absolute Gasteiger partial charge is 0.406 e. The summed E-state index contributed by atoms with van der Waals surface area (Å²) in [6, 6.07) is 6.88. The average molecular weight is 312 g/mol. The predicted octanol–water partition coefficient (Wildman–Crippen LogP) is 2.74. The summed E-state index contributed by atoms with van der Waals surface area (Å²) in [4.78, 5) is 13.2. The maximum absolute atomic E-state index is 12.8. The number of benzene rings is 1. The van der Waals surface area contributed by atoms with E-state index in [1.54, 1.807) is 0 Å². The van der Waals surface area contributed by atoms with Gasteiger partial charge in [-0.1, -0.05) is 0 Å². The van der Waals surface area contributed by atoms with Crippen molar-refractivity contribution in [2.75, 3.05) is 19.8 Å². The molecule has 0 aliphatic carbocycles. The molecule has 2 rings (SSSR count).